The summed E-state index contributed by atoms with van der Waals surface area (Å²) in [4.78, 5) is 53.6. The summed E-state index contributed by atoms with van der Waals surface area (Å²) in [5.74, 6) is -1.29. The SMILES string of the molecule is CCOC(=O)C1SC2C(=C1C)C(=O)N(CC(C)=O)C(=O)N2C[C@H](OC(C)C)c1ccccc1. The molecule has 178 valence electrons. The number of hydrogen-bond donors (Lipinski definition) is 0. The van der Waals surface area contributed by atoms with Crippen molar-refractivity contribution in [3.05, 3.63) is 47.0 Å². The highest BCUT2D eigenvalue weighted by atomic mass is 32.2. The number of esters is 1. The summed E-state index contributed by atoms with van der Waals surface area (Å²) < 4.78 is 11.3. The second-order valence-electron chi connectivity index (χ2n) is 8.33. The van der Waals surface area contributed by atoms with Crippen molar-refractivity contribution in [2.24, 2.45) is 0 Å². The number of fused-ring (bicyclic) bond motifs is 1. The van der Waals surface area contributed by atoms with Crippen LogP contribution in [0.3, 0.4) is 0 Å². The summed E-state index contributed by atoms with van der Waals surface area (Å²) in [5, 5.41) is -1.35. The lowest BCUT2D eigenvalue weighted by Gasteiger charge is -2.41. The predicted molar refractivity (Wildman–Crippen MR) is 124 cm³/mol. The standard InChI is InChI=1S/C24H30N2O6S/c1-6-31-23(29)20-16(5)19-21(28)25(12-15(4)27)24(30)26(22(19)33-20)13-18(32-14(2)3)17-10-8-7-9-11-17/h7-11,14,18,20,22H,6,12-13H2,1-5H3/t18-,20?,22?/m0/s1. The third kappa shape index (κ3) is 5.30. The number of imide groups is 1. The molecule has 3 rings (SSSR count). The van der Waals surface area contributed by atoms with Crippen LogP contribution < -0.4 is 0 Å². The van der Waals surface area contributed by atoms with E-state index >= 15 is 0 Å². The molecule has 0 aliphatic carbocycles. The molecule has 0 aromatic heterocycles. The Morgan fingerprint density at radius 1 is 1.15 bits per heavy atom. The van der Waals surface area contributed by atoms with Gasteiger partial charge in [-0.05, 0) is 45.8 Å². The Labute approximate surface area is 198 Å². The molecule has 0 bridgehead atoms. The molecule has 1 fully saturated rings. The molecule has 33 heavy (non-hydrogen) atoms. The largest absolute Gasteiger partial charge is 0.465 e. The van der Waals surface area contributed by atoms with Gasteiger partial charge in [0.05, 0.1) is 31.4 Å². The number of Topliss-reactive ketones (excluding diaryl/α,β-unsaturated/α-hetero) is 1. The quantitative estimate of drug-likeness (QED) is 0.507. The first-order valence-corrected chi connectivity index (χ1v) is 11.9. The molecular formula is C24H30N2O6S. The van der Waals surface area contributed by atoms with E-state index in [1.165, 1.54) is 23.6 Å². The minimum Gasteiger partial charge on any atom is -0.465 e. The van der Waals surface area contributed by atoms with Crippen molar-refractivity contribution in [2.45, 2.75) is 57.5 Å². The van der Waals surface area contributed by atoms with Crippen LogP contribution in [-0.2, 0) is 23.9 Å². The average Bonchev–Trinajstić information content (AvgIpc) is 3.11. The van der Waals surface area contributed by atoms with E-state index in [4.69, 9.17) is 9.47 Å². The number of ether oxygens (including phenoxy) is 2. The summed E-state index contributed by atoms with van der Waals surface area (Å²) in [7, 11) is 0. The Morgan fingerprint density at radius 2 is 1.82 bits per heavy atom. The zero-order chi connectivity index (χ0) is 24.3. The zero-order valence-electron chi connectivity index (χ0n) is 19.6. The second kappa shape index (κ2) is 10.5. The van der Waals surface area contributed by atoms with Crippen LogP contribution >= 0.6 is 11.8 Å². The van der Waals surface area contributed by atoms with E-state index in [0.29, 0.717) is 11.1 Å². The summed E-state index contributed by atoms with van der Waals surface area (Å²) >= 11 is 1.21. The molecule has 0 saturated carbocycles. The summed E-state index contributed by atoms with van der Waals surface area (Å²) in [6.45, 7) is 8.63. The summed E-state index contributed by atoms with van der Waals surface area (Å²) in [6.07, 6.45) is -0.559. The highest BCUT2D eigenvalue weighted by Crippen LogP contribution is 2.45. The number of urea groups is 1. The van der Waals surface area contributed by atoms with Gasteiger partial charge in [-0.1, -0.05) is 30.3 Å². The Bertz CT molecular complexity index is 961. The van der Waals surface area contributed by atoms with Gasteiger partial charge in [-0.2, -0.15) is 0 Å². The maximum Gasteiger partial charge on any atom is 0.328 e. The van der Waals surface area contributed by atoms with Crippen LogP contribution in [0.4, 0.5) is 4.79 Å². The van der Waals surface area contributed by atoms with Gasteiger partial charge in [-0.3, -0.25) is 19.3 Å². The minimum atomic E-state index is -0.692. The van der Waals surface area contributed by atoms with E-state index in [2.05, 4.69) is 0 Å². The van der Waals surface area contributed by atoms with Gasteiger partial charge in [0.1, 0.15) is 22.5 Å². The Hall–Kier alpha value is -2.65. The lowest BCUT2D eigenvalue weighted by molar-refractivity contribution is -0.141. The highest BCUT2D eigenvalue weighted by Gasteiger charge is 2.51. The Balaban J connectivity index is 2.01. The molecule has 3 amide bonds. The third-order valence-electron chi connectivity index (χ3n) is 5.42. The number of carbonyl (C=O) groups is 4. The molecule has 2 aliphatic rings. The molecule has 1 aromatic rings. The number of ketones is 1. The number of hydrogen-bond acceptors (Lipinski definition) is 7. The van der Waals surface area contributed by atoms with Crippen molar-refractivity contribution in [3.8, 4) is 0 Å². The van der Waals surface area contributed by atoms with Gasteiger partial charge in [0.2, 0.25) is 0 Å². The van der Waals surface area contributed by atoms with Crippen LogP contribution in [0, 0.1) is 0 Å². The highest BCUT2D eigenvalue weighted by molar-refractivity contribution is 8.01. The molecule has 2 aliphatic heterocycles. The molecule has 9 heteroatoms. The maximum absolute atomic E-state index is 13.4. The van der Waals surface area contributed by atoms with Crippen LogP contribution in [0.25, 0.3) is 0 Å². The van der Waals surface area contributed by atoms with Gasteiger partial charge < -0.3 is 14.4 Å². The smallest absolute Gasteiger partial charge is 0.328 e. The van der Waals surface area contributed by atoms with Crippen molar-refractivity contribution in [3.63, 3.8) is 0 Å². The van der Waals surface area contributed by atoms with E-state index in [-0.39, 0.29) is 31.6 Å². The van der Waals surface area contributed by atoms with E-state index in [9.17, 15) is 19.2 Å². The Morgan fingerprint density at radius 3 is 2.39 bits per heavy atom. The molecule has 0 radical (unpaired) electrons. The van der Waals surface area contributed by atoms with Gasteiger partial charge in [-0.15, -0.1) is 11.8 Å². The van der Waals surface area contributed by atoms with Crippen molar-refractivity contribution < 1.29 is 28.7 Å². The predicted octanol–water partition coefficient (Wildman–Crippen LogP) is 3.33. The van der Waals surface area contributed by atoms with E-state index in [1.807, 2.05) is 44.2 Å². The lowest BCUT2D eigenvalue weighted by Crippen LogP contribution is -2.58. The number of amides is 3. The molecule has 0 spiro atoms. The first-order chi connectivity index (χ1) is 15.6. The van der Waals surface area contributed by atoms with E-state index < -0.39 is 34.6 Å². The fourth-order valence-corrected chi connectivity index (χ4v) is 5.53. The number of rotatable bonds is 9. The van der Waals surface area contributed by atoms with E-state index in [0.717, 1.165) is 10.5 Å². The van der Waals surface area contributed by atoms with E-state index in [1.54, 1.807) is 13.8 Å². The minimum absolute atomic E-state index is 0.106. The average molecular weight is 475 g/mol. The normalized spacial score (nSPS) is 21.5. The molecule has 8 nitrogen and oxygen atoms in total. The monoisotopic (exact) mass is 474 g/mol. The fourth-order valence-electron chi connectivity index (χ4n) is 4.01. The van der Waals surface area contributed by atoms with Gasteiger partial charge in [0.15, 0.2) is 0 Å². The van der Waals surface area contributed by atoms with Crippen molar-refractivity contribution >= 4 is 35.5 Å². The lowest BCUT2D eigenvalue weighted by atomic mass is 10.0. The second-order valence-corrected chi connectivity index (χ2v) is 9.52. The van der Waals surface area contributed by atoms with Crippen molar-refractivity contribution in [2.75, 3.05) is 19.7 Å². The Kier molecular flexibility index (Phi) is 7.97. The van der Waals surface area contributed by atoms with Gasteiger partial charge >= 0.3 is 12.0 Å². The number of thioether (sulfide) groups is 1. The number of benzene rings is 1. The van der Waals surface area contributed by atoms with Gasteiger partial charge in [0.25, 0.3) is 5.91 Å². The first-order valence-electron chi connectivity index (χ1n) is 11.0. The number of carbonyl (C=O) groups excluding carboxylic acids is 4. The molecule has 2 unspecified atom stereocenters. The maximum atomic E-state index is 13.4. The summed E-state index contributed by atoms with van der Waals surface area (Å²) in [5.41, 5.74) is 1.80. The van der Waals surface area contributed by atoms with Crippen LogP contribution in [0.1, 0.15) is 46.3 Å². The molecular weight excluding hydrogens is 444 g/mol. The molecule has 1 saturated heterocycles. The molecule has 1 aromatic carbocycles. The van der Waals surface area contributed by atoms with Crippen molar-refractivity contribution in [1.82, 2.24) is 9.80 Å². The topological polar surface area (TPSA) is 93.2 Å². The third-order valence-corrected chi connectivity index (χ3v) is 6.98. The van der Waals surface area contributed by atoms with Crippen molar-refractivity contribution in [1.29, 1.82) is 0 Å². The molecule has 3 atom stereocenters. The molecule has 0 N–H and O–H groups in total. The molecule has 2 heterocycles. The first kappa shape index (κ1) is 25.0. The zero-order valence-corrected chi connectivity index (χ0v) is 20.4. The van der Waals surface area contributed by atoms with Crippen LogP contribution in [-0.4, -0.2) is 69.9 Å². The van der Waals surface area contributed by atoms with Crippen LogP contribution in [0.2, 0.25) is 0 Å². The van der Waals surface area contributed by atoms with Crippen LogP contribution in [0.15, 0.2) is 41.5 Å². The van der Waals surface area contributed by atoms with Gasteiger partial charge in [-0.25, -0.2) is 4.79 Å². The summed E-state index contributed by atoms with van der Waals surface area (Å²) in [6, 6.07) is 8.97. The number of nitrogens with zero attached hydrogens (tertiary/aromatic N) is 2. The van der Waals surface area contributed by atoms with Gasteiger partial charge in [0, 0.05) is 0 Å². The fraction of sp³-hybridized carbons (Fsp3) is 0.500. The van der Waals surface area contributed by atoms with Crippen LogP contribution in [0.5, 0.6) is 0 Å².